The van der Waals surface area contributed by atoms with Gasteiger partial charge < -0.3 is 5.11 Å². The average Bonchev–Trinajstić information content (AvgIpc) is 2.95. The molecule has 3 nitrogen and oxygen atoms in total. The Bertz CT molecular complexity index is 449. The first-order valence-corrected chi connectivity index (χ1v) is 6.41. The molecule has 0 spiro atoms. The van der Waals surface area contributed by atoms with Crippen molar-refractivity contribution in [3.8, 4) is 0 Å². The Kier molecular flexibility index (Phi) is 2.51. The van der Waals surface area contributed by atoms with Crippen LogP contribution in [0.3, 0.4) is 0 Å². The zero-order chi connectivity index (χ0) is 11.9. The van der Waals surface area contributed by atoms with Gasteiger partial charge in [0.15, 0.2) is 5.78 Å². The maximum absolute atomic E-state index is 12.4. The van der Waals surface area contributed by atoms with E-state index in [0.29, 0.717) is 12.8 Å². The molecule has 1 aromatic rings. The van der Waals surface area contributed by atoms with Crippen LogP contribution in [0.15, 0.2) is 18.3 Å². The van der Waals surface area contributed by atoms with Gasteiger partial charge in [0.1, 0.15) is 5.60 Å². The number of pyridine rings is 1. The second-order valence-corrected chi connectivity index (χ2v) is 5.24. The first-order valence-electron chi connectivity index (χ1n) is 6.41. The summed E-state index contributed by atoms with van der Waals surface area (Å²) in [6.07, 6.45) is 6.65. The molecule has 1 saturated carbocycles. The molecule has 1 aromatic heterocycles. The highest BCUT2D eigenvalue weighted by Gasteiger charge is 2.44. The Balaban J connectivity index is 1.89. The molecule has 2 aliphatic carbocycles. The van der Waals surface area contributed by atoms with Gasteiger partial charge in [-0.25, -0.2) is 0 Å². The zero-order valence-electron chi connectivity index (χ0n) is 9.85. The van der Waals surface area contributed by atoms with Gasteiger partial charge in [-0.3, -0.25) is 9.78 Å². The number of aryl methyl sites for hydroxylation is 1. The lowest BCUT2D eigenvalue weighted by molar-refractivity contribution is -0.138. The normalized spacial score (nSPS) is 25.8. The van der Waals surface area contributed by atoms with Crippen LogP contribution in [0.25, 0.3) is 0 Å². The molecule has 0 radical (unpaired) electrons. The van der Waals surface area contributed by atoms with E-state index < -0.39 is 5.60 Å². The summed E-state index contributed by atoms with van der Waals surface area (Å²) in [5.41, 5.74) is 1.01. The van der Waals surface area contributed by atoms with E-state index in [-0.39, 0.29) is 11.7 Å². The smallest absolute Gasteiger partial charge is 0.173 e. The summed E-state index contributed by atoms with van der Waals surface area (Å²) in [4.78, 5) is 16.8. The fourth-order valence-corrected chi connectivity index (χ4v) is 3.20. The van der Waals surface area contributed by atoms with Crippen molar-refractivity contribution in [2.45, 2.75) is 50.0 Å². The van der Waals surface area contributed by atoms with E-state index in [1.165, 1.54) is 5.56 Å². The minimum Gasteiger partial charge on any atom is -0.382 e. The third kappa shape index (κ3) is 1.69. The second-order valence-electron chi connectivity index (χ2n) is 5.24. The van der Waals surface area contributed by atoms with Gasteiger partial charge >= 0.3 is 0 Å². The van der Waals surface area contributed by atoms with Gasteiger partial charge in [-0.05, 0) is 50.2 Å². The highest BCUT2D eigenvalue weighted by molar-refractivity contribution is 5.93. The molecule has 3 heteroatoms. The largest absolute Gasteiger partial charge is 0.382 e. The molecule has 1 N–H and O–H groups in total. The molecule has 2 aliphatic rings. The first-order chi connectivity index (χ1) is 8.21. The molecule has 0 aliphatic heterocycles. The number of carbonyl (C=O) groups is 1. The molecule has 17 heavy (non-hydrogen) atoms. The van der Waals surface area contributed by atoms with Crippen LogP contribution in [0.5, 0.6) is 0 Å². The van der Waals surface area contributed by atoms with Gasteiger partial charge in [-0.15, -0.1) is 0 Å². The van der Waals surface area contributed by atoms with E-state index in [9.17, 15) is 9.90 Å². The van der Waals surface area contributed by atoms with Crippen LogP contribution >= 0.6 is 0 Å². The number of aromatic nitrogens is 1. The molecule has 3 rings (SSSR count). The molecule has 1 heterocycles. The maximum atomic E-state index is 12.4. The van der Waals surface area contributed by atoms with E-state index in [4.69, 9.17) is 0 Å². The molecule has 0 saturated heterocycles. The minimum absolute atomic E-state index is 0.00690. The van der Waals surface area contributed by atoms with E-state index in [1.807, 2.05) is 12.1 Å². The zero-order valence-corrected chi connectivity index (χ0v) is 9.85. The number of aliphatic hydroxyl groups is 1. The van der Waals surface area contributed by atoms with Gasteiger partial charge in [0.05, 0.1) is 11.6 Å². The fraction of sp³-hybridized carbons (Fsp3) is 0.571. The number of fused-ring (bicyclic) bond motifs is 1. The molecule has 1 atom stereocenters. The van der Waals surface area contributed by atoms with E-state index >= 15 is 0 Å². The van der Waals surface area contributed by atoms with Gasteiger partial charge in [-0.1, -0.05) is 6.07 Å². The summed E-state index contributed by atoms with van der Waals surface area (Å²) in [6.45, 7) is 0. The predicted molar refractivity (Wildman–Crippen MR) is 63.7 cm³/mol. The highest BCUT2D eigenvalue weighted by atomic mass is 16.3. The number of ketones is 1. The standard InChI is InChI=1S/C14H17NO2/c16-13(14(17)7-1-2-8-14)11-6-5-10-4-3-9-15-12(10)11/h3-4,9,11,17H,1-2,5-8H2. The number of hydrogen-bond acceptors (Lipinski definition) is 3. The van der Waals surface area contributed by atoms with Gasteiger partial charge in [0, 0.05) is 6.20 Å². The molecule has 1 fully saturated rings. The van der Waals surface area contributed by atoms with Gasteiger partial charge in [0.25, 0.3) is 0 Å². The Morgan fingerprint density at radius 1 is 1.41 bits per heavy atom. The lowest BCUT2D eigenvalue weighted by atomic mass is 9.86. The van der Waals surface area contributed by atoms with Crippen molar-refractivity contribution in [1.29, 1.82) is 0 Å². The lowest BCUT2D eigenvalue weighted by Gasteiger charge is -2.24. The Morgan fingerprint density at radius 2 is 2.18 bits per heavy atom. The first kappa shape index (κ1) is 10.9. The van der Waals surface area contributed by atoms with Crippen molar-refractivity contribution in [1.82, 2.24) is 4.98 Å². The SMILES string of the molecule is O=C(C1CCc2cccnc21)C1(O)CCCC1. The van der Waals surface area contributed by atoms with Crippen molar-refractivity contribution in [3.05, 3.63) is 29.6 Å². The monoisotopic (exact) mass is 231 g/mol. The summed E-state index contributed by atoms with van der Waals surface area (Å²) in [7, 11) is 0. The van der Waals surface area contributed by atoms with Crippen LogP contribution in [0, 0.1) is 0 Å². The third-order valence-electron chi connectivity index (χ3n) is 4.16. The Labute approximate surface area is 101 Å². The van der Waals surface area contributed by atoms with E-state index in [1.54, 1.807) is 6.20 Å². The van der Waals surface area contributed by atoms with Crippen LogP contribution < -0.4 is 0 Å². The van der Waals surface area contributed by atoms with Crippen molar-refractivity contribution >= 4 is 5.78 Å². The summed E-state index contributed by atoms with van der Waals surface area (Å²) in [5.74, 6) is -0.165. The Morgan fingerprint density at radius 3 is 2.94 bits per heavy atom. The lowest BCUT2D eigenvalue weighted by Crippen LogP contribution is -2.38. The van der Waals surface area contributed by atoms with Crippen molar-refractivity contribution in [3.63, 3.8) is 0 Å². The molecule has 0 aromatic carbocycles. The van der Waals surface area contributed by atoms with E-state index in [2.05, 4.69) is 4.98 Å². The number of Topliss-reactive ketones (excluding diaryl/α,β-unsaturated/α-hetero) is 1. The summed E-state index contributed by atoms with van der Waals surface area (Å²) >= 11 is 0. The summed E-state index contributed by atoms with van der Waals surface area (Å²) < 4.78 is 0. The number of carbonyl (C=O) groups excluding carboxylic acids is 1. The molecule has 90 valence electrons. The average molecular weight is 231 g/mol. The molecular formula is C14H17NO2. The predicted octanol–water partition coefficient (Wildman–Crippen LogP) is 1.99. The number of nitrogens with zero attached hydrogens (tertiary/aromatic N) is 1. The second kappa shape index (κ2) is 3.91. The number of hydrogen-bond donors (Lipinski definition) is 1. The minimum atomic E-state index is -1.07. The van der Waals surface area contributed by atoms with Crippen LogP contribution in [-0.4, -0.2) is 21.5 Å². The quantitative estimate of drug-likeness (QED) is 0.846. The maximum Gasteiger partial charge on any atom is 0.173 e. The molecule has 0 amide bonds. The van der Waals surface area contributed by atoms with Crippen LogP contribution in [-0.2, 0) is 11.2 Å². The third-order valence-corrected chi connectivity index (χ3v) is 4.16. The Hall–Kier alpha value is -1.22. The van der Waals surface area contributed by atoms with Crippen molar-refractivity contribution < 1.29 is 9.90 Å². The van der Waals surface area contributed by atoms with E-state index in [0.717, 1.165) is 31.4 Å². The molecule has 0 bridgehead atoms. The summed E-state index contributed by atoms with van der Waals surface area (Å²) in [6, 6.07) is 3.95. The van der Waals surface area contributed by atoms with Gasteiger partial charge in [0.2, 0.25) is 0 Å². The number of rotatable bonds is 2. The highest BCUT2D eigenvalue weighted by Crippen LogP contribution is 2.39. The van der Waals surface area contributed by atoms with Crippen LogP contribution in [0.4, 0.5) is 0 Å². The topological polar surface area (TPSA) is 50.2 Å². The molecular weight excluding hydrogens is 214 g/mol. The molecule has 1 unspecified atom stereocenters. The van der Waals surface area contributed by atoms with Crippen molar-refractivity contribution in [2.75, 3.05) is 0 Å². The van der Waals surface area contributed by atoms with Crippen LogP contribution in [0.2, 0.25) is 0 Å². The van der Waals surface area contributed by atoms with Crippen LogP contribution in [0.1, 0.15) is 49.3 Å². The summed E-state index contributed by atoms with van der Waals surface area (Å²) in [5, 5.41) is 10.4. The van der Waals surface area contributed by atoms with Crippen molar-refractivity contribution in [2.24, 2.45) is 0 Å². The van der Waals surface area contributed by atoms with Gasteiger partial charge in [-0.2, -0.15) is 0 Å². The fourth-order valence-electron chi connectivity index (χ4n) is 3.20.